The number of hydroxylamine groups is 1. The van der Waals surface area contributed by atoms with Gasteiger partial charge in [-0.15, -0.1) is 0 Å². The van der Waals surface area contributed by atoms with Crippen LogP contribution in [-0.2, 0) is 0 Å². The van der Waals surface area contributed by atoms with Crippen LogP contribution in [0.25, 0.3) is 0 Å². The van der Waals surface area contributed by atoms with E-state index in [1.165, 1.54) is 0 Å². The van der Waals surface area contributed by atoms with Crippen LogP contribution < -0.4 is 5.73 Å². The van der Waals surface area contributed by atoms with E-state index in [1.54, 1.807) is 0 Å². The summed E-state index contributed by atoms with van der Waals surface area (Å²) in [6.45, 7) is 0.589. The van der Waals surface area contributed by atoms with Crippen LogP contribution in [0.2, 0.25) is 0 Å². The van der Waals surface area contributed by atoms with Crippen molar-refractivity contribution in [2.24, 2.45) is 5.73 Å². The molecule has 0 spiro atoms. The number of nitrogens with zero attached hydrogens (tertiary/aromatic N) is 1. The molecule has 0 saturated heterocycles. The van der Waals surface area contributed by atoms with E-state index < -0.39 is 0 Å². The van der Waals surface area contributed by atoms with Crippen LogP contribution in [0.4, 0.5) is 0 Å². The zero-order valence-corrected chi connectivity index (χ0v) is 4.05. The number of amidine groups is 1. The van der Waals surface area contributed by atoms with Gasteiger partial charge < -0.3 is 5.21 Å². The van der Waals surface area contributed by atoms with Gasteiger partial charge in [0.15, 0.2) is 0 Å². The van der Waals surface area contributed by atoms with Crippen molar-refractivity contribution in [3.8, 4) is 0 Å². The zero-order valence-electron chi connectivity index (χ0n) is 4.05. The van der Waals surface area contributed by atoms with Crippen molar-refractivity contribution in [2.75, 3.05) is 6.54 Å². The Hall–Kier alpha value is -0.730. The molecule has 3 heteroatoms. The molecule has 0 atom stereocenters. The maximum Gasteiger partial charge on any atom is 0.245 e. The van der Waals surface area contributed by atoms with Gasteiger partial charge in [-0.1, -0.05) is 0 Å². The minimum Gasteiger partial charge on any atom is -0.715 e. The van der Waals surface area contributed by atoms with E-state index in [9.17, 15) is 5.21 Å². The maximum atomic E-state index is 10.3. The third-order valence-electron chi connectivity index (χ3n) is 1.11. The molecule has 0 aromatic heterocycles. The first-order valence-corrected chi connectivity index (χ1v) is 2.36. The Bertz CT molecular complexity index is 96.3. The Morgan fingerprint density at radius 1 is 1.71 bits per heavy atom. The number of rotatable bonds is 0. The molecule has 0 amide bonds. The molecule has 7 heavy (non-hydrogen) atoms. The van der Waals surface area contributed by atoms with Gasteiger partial charge in [0.1, 0.15) is 0 Å². The standard InChI is InChI=1S/C4H8N2O/c5-4-2-1-3-6(4)7/h1-3,5H2. The fraction of sp³-hybridized carbons (Fsp3) is 0.750. The third kappa shape index (κ3) is 0.656. The summed E-state index contributed by atoms with van der Waals surface area (Å²) in [6.07, 6.45) is 1.71. The van der Waals surface area contributed by atoms with E-state index in [0.717, 1.165) is 17.6 Å². The molecule has 3 nitrogen and oxygen atoms in total. The fourth-order valence-corrected chi connectivity index (χ4v) is 0.672. The molecule has 1 aliphatic rings. The second-order valence-electron chi connectivity index (χ2n) is 1.70. The summed E-state index contributed by atoms with van der Waals surface area (Å²) in [5, 5.41) is 10.3. The lowest BCUT2D eigenvalue weighted by atomic mass is 10.3. The van der Waals surface area contributed by atoms with Crippen LogP contribution in [0.15, 0.2) is 0 Å². The van der Waals surface area contributed by atoms with Crippen LogP contribution in [0.5, 0.6) is 0 Å². The highest BCUT2D eigenvalue weighted by Crippen LogP contribution is 1.97. The van der Waals surface area contributed by atoms with Crippen LogP contribution in [0, 0.1) is 5.21 Å². The summed E-state index contributed by atoms with van der Waals surface area (Å²) >= 11 is 0. The van der Waals surface area contributed by atoms with Crippen molar-refractivity contribution in [1.82, 2.24) is 0 Å². The lowest BCUT2D eigenvalue weighted by molar-refractivity contribution is -0.449. The first kappa shape index (κ1) is 4.43. The average molecular weight is 100 g/mol. The minimum atomic E-state index is 0.486. The smallest absolute Gasteiger partial charge is 0.245 e. The van der Waals surface area contributed by atoms with E-state index in [0.29, 0.717) is 12.4 Å². The molecule has 0 bridgehead atoms. The van der Waals surface area contributed by atoms with Gasteiger partial charge in [-0.2, -0.15) is 0 Å². The first-order chi connectivity index (χ1) is 3.30. The molecule has 0 saturated carbocycles. The van der Waals surface area contributed by atoms with Crippen molar-refractivity contribution >= 4 is 5.84 Å². The van der Waals surface area contributed by atoms with Gasteiger partial charge in [0, 0.05) is 0 Å². The normalized spacial score (nSPS) is 21.1. The maximum absolute atomic E-state index is 10.3. The highest BCUT2D eigenvalue weighted by molar-refractivity contribution is 5.76. The Morgan fingerprint density at radius 3 is 2.57 bits per heavy atom. The van der Waals surface area contributed by atoms with Gasteiger partial charge in [0.25, 0.3) is 0 Å². The molecule has 0 aromatic rings. The molecule has 0 aromatic carbocycles. The van der Waals surface area contributed by atoms with Crippen LogP contribution in [0.3, 0.4) is 0 Å². The monoisotopic (exact) mass is 100 g/mol. The van der Waals surface area contributed by atoms with Crippen LogP contribution >= 0.6 is 0 Å². The lowest BCUT2D eigenvalue weighted by Gasteiger charge is -2.00. The minimum absolute atomic E-state index is 0.486. The van der Waals surface area contributed by atoms with Crippen LogP contribution in [0.1, 0.15) is 12.8 Å². The second-order valence-corrected chi connectivity index (χ2v) is 1.70. The second kappa shape index (κ2) is 1.40. The Balaban J connectivity index is 2.64. The summed E-state index contributed by atoms with van der Waals surface area (Å²) < 4.78 is 0.847. The Kier molecular flexibility index (Phi) is 0.889. The summed E-state index contributed by atoms with van der Waals surface area (Å²) in [7, 11) is 0. The molecule has 1 heterocycles. The van der Waals surface area contributed by atoms with E-state index >= 15 is 0 Å². The number of hydrogen-bond acceptors (Lipinski definition) is 2. The van der Waals surface area contributed by atoms with E-state index in [-0.39, 0.29) is 0 Å². The summed E-state index contributed by atoms with van der Waals surface area (Å²) in [4.78, 5) is 0. The molecule has 0 radical (unpaired) electrons. The van der Waals surface area contributed by atoms with Crippen LogP contribution in [-0.4, -0.2) is 17.1 Å². The predicted molar refractivity (Wildman–Crippen MR) is 26.9 cm³/mol. The molecular formula is C4H8N2O. The number of nitrogens with two attached hydrogens (primary N) is 1. The average Bonchev–Trinajstić information content (AvgIpc) is 1.91. The Labute approximate surface area is 42.0 Å². The molecule has 40 valence electrons. The lowest BCUT2D eigenvalue weighted by Crippen LogP contribution is -2.16. The van der Waals surface area contributed by atoms with Gasteiger partial charge in [-0.3, -0.25) is 10.5 Å². The van der Waals surface area contributed by atoms with Crippen molar-refractivity contribution < 1.29 is 4.74 Å². The van der Waals surface area contributed by atoms with Gasteiger partial charge >= 0.3 is 0 Å². The quantitative estimate of drug-likeness (QED) is 0.334. The molecular weight excluding hydrogens is 92.1 g/mol. The molecule has 1 rings (SSSR count). The van der Waals surface area contributed by atoms with Gasteiger partial charge in [-0.25, -0.2) is 0 Å². The fourth-order valence-electron chi connectivity index (χ4n) is 0.672. The highest BCUT2D eigenvalue weighted by Gasteiger charge is 2.08. The van der Waals surface area contributed by atoms with Gasteiger partial charge in [-0.05, 0) is 6.42 Å². The highest BCUT2D eigenvalue weighted by atomic mass is 16.5. The largest absolute Gasteiger partial charge is 0.715 e. The first-order valence-electron chi connectivity index (χ1n) is 2.36. The summed E-state index contributed by atoms with van der Waals surface area (Å²) in [5.74, 6) is 0.486. The summed E-state index contributed by atoms with van der Waals surface area (Å²) in [6, 6.07) is 0. The zero-order chi connectivity index (χ0) is 5.28. The molecule has 2 N–H and O–H groups in total. The van der Waals surface area contributed by atoms with Gasteiger partial charge in [0.05, 0.1) is 13.0 Å². The van der Waals surface area contributed by atoms with E-state index in [2.05, 4.69) is 0 Å². The van der Waals surface area contributed by atoms with Crippen molar-refractivity contribution in [1.29, 1.82) is 0 Å². The van der Waals surface area contributed by atoms with Crippen molar-refractivity contribution in [3.05, 3.63) is 5.21 Å². The number of hydrogen-bond donors (Lipinski definition) is 1. The SMILES string of the molecule is NC1=[N+]([O-])CCC1. The van der Waals surface area contributed by atoms with E-state index in [4.69, 9.17) is 5.73 Å². The summed E-state index contributed by atoms with van der Waals surface area (Å²) in [5.41, 5.74) is 5.21. The Morgan fingerprint density at radius 2 is 2.43 bits per heavy atom. The molecule has 1 aliphatic heterocycles. The van der Waals surface area contributed by atoms with Crippen molar-refractivity contribution in [3.63, 3.8) is 0 Å². The predicted octanol–water partition coefficient (Wildman–Crippen LogP) is -0.352. The topological polar surface area (TPSA) is 52.1 Å². The van der Waals surface area contributed by atoms with E-state index in [1.807, 2.05) is 0 Å². The molecule has 0 fully saturated rings. The van der Waals surface area contributed by atoms with Gasteiger partial charge in [0.2, 0.25) is 5.84 Å². The third-order valence-corrected chi connectivity index (χ3v) is 1.11. The molecule has 0 unspecified atom stereocenters. The van der Waals surface area contributed by atoms with Crippen molar-refractivity contribution in [2.45, 2.75) is 12.8 Å². The molecule has 0 aliphatic carbocycles.